The minimum atomic E-state index is 0.311. The monoisotopic (exact) mass is 199 g/mol. The first-order valence-electron chi connectivity index (χ1n) is 5.53. The summed E-state index contributed by atoms with van der Waals surface area (Å²) in [6, 6.07) is 0.691. The highest BCUT2D eigenvalue weighted by atomic mass is 15.3. The standard InChI is InChI=1S/C11H25N3/c1-11(2)9-13(4)8-10(14(11)5)6-7-12-3/h10,12H,6-9H2,1-5H3. The van der Waals surface area contributed by atoms with Crippen LogP contribution in [-0.4, -0.2) is 62.2 Å². The molecule has 1 atom stereocenters. The topological polar surface area (TPSA) is 18.5 Å². The van der Waals surface area contributed by atoms with E-state index in [0.29, 0.717) is 11.6 Å². The summed E-state index contributed by atoms with van der Waals surface area (Å²) in [5.74, 6) is 0. The molecule has 0 aromatic carbocycles. The fourth-order valence-corrected chi connectivity index (χ4v) is 2.41. The van der Waals surface area contributed by atoms with E-state index >= 15 is 0 Å². The summed E-state index contributed by atoms with van der Waals surface area (Å²) in [6.45, 7) is 8.13. The van der Waals surface area contributed by atoms with Gasteiger partial charge in [-0.25, -0.2) is 0 Å². The minimum Gasteiger partial charge on any atom is -0.320 e. The van der Waals surface area contributed by atoms with Crippen molar-refractivity contribution in [2.75, 3.05) is 40.8 Å². The SMILES string of the molecule is CNCCC1CN(C)CC(C)(C)N1C. The highest BCUT2D eigenvalue weighted by Crippen LogP contribution is 2.23. The molecule has 14 heavy (non-hydrogen) atoms. The molecule has 3 heteroatoms. The van der Waals surface area contributed by atoms with Crippen molar-refractivity contribution in [3.63, 3.8) is 0 Å². The lowest BCUT2D eigenvalue weighted by atomic mass is 9.95. The zero-order chi connectivity index (χ0) is 10.8. The Hall–Kier alpha value is -0.120. The van der Waals surface area contributed by atoms with Gasteiger partial charge in [0.05, 0.1) is 0 Å². The first-order chi connectivity index (χ1) is 6.47. The molecule has 0 aromatic heterocycles. The fourth-order valence-electron chi connectivity index (χ4n) is 2.41. The summed E-state index contributed by atoms with van der Waals surface area (Å²) in [6.07, 6.45) is 1.24. The van der Waals surface area contributed by atoms with Crippen LogP contribution in [0.3, 0.4) is 0 Å². The van der Waals surface area contributed by atoms with Gasteiger partial charge < -0.3 is 10.2 Å². The van der Waals surface area contributed by atoms with Crippen LogP contribution in [0, 0.1) is 0 Å². The molecule has 1 rings (SSSR count). The molecule has 1 fully saturated rings. The van der Waals surface area contributed by atoms with Gasteiger partial charge in [-0.2, -0.15) is 0 Å². The van der Waals surface area contributed by atoms with Gasteiger partial charge in [0.1, 0.15) is 0 Å². The second-order valence-electron chi connectivity index (χ2n) is 5.17. The second kappa shape index (κ2) is 4.60. The minimum absolute atomic E-state index is 0.311. The summed E-state index contributed by atoms with van der Waals surface area (Å²) in [4.78, 5) is 4.98. The van der Waals surface area contributed by atoms with Gasteiger partial charge in [0.15, 0.2) is 0 Å². The lowest BCUT2D eigenvalue weighted by molar-refractivity contribution is 0.00226. The maximum Gasteiger partial charge on any atom is 0.0280 e. The van der Waals surface area contributed by atoms with Gasteiger partial charge >= 0.3 is 0 Å². The number of nitrogens with zero attached hydrogens (tertiary/aromatic N) is 2. The van der Waals surface area contributed by atoms with E-state index in [0.717, 1.165) is 6.54 Å². The van der Waals surface area contributed by atoms with Crippen LogP contribution in [0.2, 0.25) is 0 Å². The zero-order valence-electron chi connectivity index (χ0n) is 10.3. The molecule has 1 unspecified atom stereocenters. The quantitative estimate of drug-likeness (QED) is 0.719. The van der Waals surface area contributed by atoms with Gasteiger partial charge in [0.25, 0.3) is 0 Å². The Kier molecular flexibility index (Phi) is 3.93. The van der Waals surface area contributed by atoms with Crippen LogP contribution in [0.15, 0.2) is 0 Å². The van der Waals surface area contributed by atoms with Crippen LogP contribution in [0.5, 0.6) is 0 Å². The van der Waals surface area contributed by atoms with Gasteiger partial charge in [0.2, 0.25) is 0 Å². The summed E-state index contributed by atoms with van der Waals surface area (Å²) in [5, 5.41) is 3.23. The summed E-state index contributed by atoms with van der Waals surface area (Å²) in [7, 11) is 6.51. The van der Waals surface area contributed by atoms with Crippen molar-refractivity contribution in [2.45, 2.75) is 31.8 Å². The average molecular weight is 199 g/mol. The molecule has 1 aliphatic heterocycles. The normalized spacial score (nSPS) is 29.4. The van der Waals surface area contributed by atoms with Crippen molar-refractivity contribution in [2.24, 2.45) is 0 Å². The molecule has 0 radical (unpaired) electrons. The zero-order valence-corrected chi connectivity index (χ0v) is 10.3. The van der Waals surface area contributed by atoms with Crippen molar-refractivity contribution < 1.29 is 0 Å². The molecule has 0 amide bonds. The molecule has 1 saturated heterocycles. The molecule has 0 spiro atoms. The van der Waals surface area contributed by atoms with Gasteiger partial charge in [-0.3, -0.25) is 4.90 Å². The molecule has 84 valence electrons. The smallest absolute Gasteiger partial charge is 0.0280 e. The third kappa shape index (κ3) is 2.69. The molecule has 0 aliphatic carbocycles. The highest BCUT2D eigenvalue weighted by Gasteiger charge is 2.35. The Morgan fingerprint density at radius 3 is 2.57 bits per heavy atom. The average Bonchev–Trinajstić information content (AvgIpc) is 2.08. The van der Waals surface area contributed by atoms with E-state index in [9.17, 15) is 0 Å². The van der Waals surface area contributed by atoms with Crippen LogP contribution in [0.1, 0.15) is 20.3 Å². The Labute approximate surface area is 88.5 Å². The first kappa shape index (κ1) is 12.0. The van der Waals surface area contributed by atoms with E-state index in [2.05, 4.69) is 43.1 Å². The van der Waals surface area contributed by atoms with Crippen LogP contribution in [0.25, 0.3) is 0 Å². The van der Waals surface area contributed by atoms with E-state index in [1.54, 1.807) is 0 Å². The largest absolute Gasteiger partial charge is 0.320 e. The maximum atomic E-state index is 3.23. The van der Waals surface area contributed by atoms with Gasteiger partial charge in [-0.05, 0) is 48.0 Å². The van der Waals surface area contributed by atoms with Gasteiger partial charge in [0, 0.05) is 24.7 Å². The summed E-state index contributed by atoms with van der Waals surface area (Å²) >= 11 is 0. The van der Waals surface area contributed by atoms with Crippen molar-refractivity contribution in [1.29, 1.82) is 0 Å². The number of rotatable bonds is 3. The fraction of sp³-hybridized carbons (Fsp3) is 1.00. The van der Waals surface area contributed by atoms with E-state index in [-0.39, 0.29) is 0 Å². The second-order valence-corrected chi connectivity index (χ2v) is 5.17. The molecule has 0 aromatic rings. The van der Waals surface area contributed by atoms with E-state index in [4.69, 9.17) is 0 Å². The summed E-state index contributed by atoms with van der Waals surface area (Å²) in [5.41, 5.74) is 0.311. The van der Waals surface area contributed by atoms with Crippen molar-refractivity contribution in [3.8, 4) is 0 Å². The number of hydrogen-bond acceptors (Lipinski definition) is 3. The first-order valence-corrected chi connectivity index (χ1v) is 5.53. The van der Waals surface area contributed by atoms with Crippen LogP contribution in [-0.2, 0) is 0 Å². The van der Waals surface area contributed by atoms with Crippen LogP contribution >= 0.6 is 0 Å². The Morgan fingerprint density at radius 2 is 2.00 bits per heavy atom. The van der Waals surface area contributed by atoms with E-state index < -0.39 is 0 Å². The van der Waals surface area contributed by atoms with Crippen LogP contribution < -0.4 is 5.32 Å². The molecule has 1 N–H and O–H groups in total. The lowest BCUT2D eigenvalue weighted by Crippen LogP contribution is -2.61. The molecule has 1 aliphatic rings. The number of piperazine rings is 1. The predicted molar refractivity (Wildman–Crippen MR) is 61.7 cm³/mol. The lowest BCUT2D eigenvalue weighted by Gasteiger charge is -2.49. The Morgan fingerprint density at radius 1 is 1.36 bits per heavy atom. The molecule has 3 nitrogen and oxygen atoms in total. The third-order valence-corrected chi connectivity index (χ3v) is 3.41. The van der Waals surface area contributed by atoms with Gasteiger partial charge in [-0.15, -0.1) is 0 Å². The summed E-state index contributed by atoms with van der Waals surface area (Å²) < 4.78 is 0. The molecular weight excluding hydrogens is 174 g/mol. The predicted octanol–water partition coefficient (Wildman–Crippen LogP) is 0.620. The highest BCUT2D eigenvalue weighted by molar-refractivity contribution is 4.92. The molecule has 1 heterocycles. The number of nitrogens with one attached hydrogen (secondary N) is 1. The van der Waals surface area contributed by atoms with Crippen molar-refractivity contribution >= 4 is 0 Å². The molecule has 0 saturated carbocycles. The van der Waals surface area contributed by atoms with Crippen LogP contribution in [0.4, 0.5) is 0 Å². The van der Waals surface area contributed by atoms with E-state index in [1.807, 2.05) is 7.05 Å². The number of hydrogen-bond donors (Lipinski definition) is 1. The van der Waals surface area contributed by atoms with Crippen molar-refractivity contribution in [1.82, 2.24) is 15.1 Å². The molecular formula is C11H25N3. The number of likely N-dealkylation sites (N-methyl/N-ethyl adjacent to an activating group) is 2. The Bertz CT molecular complexity index is 179. The van der Waals surface area contributed by atoms with E-state index in [1.165, 1.54) is 19.5 Å². The maximum absolute atomic E-state index is 3.23. The Balaban J connectivity index is 2.56. The third-order valence-electron chi connectivity index (χ3n) is 3.41. The van der Waals surface area contributed by atoms with Crippen molar-refractivity contribution in [3.05, 3.63) is 0 Å². The van der Waals surface area contributed by atoms with Gasteiger partial charge in [-0.1, -0.05) is 0 Å². The molecule has 0 bridgehead atoms.